The summed E-state index contributed by atoms with van der Waals surface area (Å²) in [5.74, 6) is -1.05. The maximum atomic E-state index is 10.7. The van der Waals surface area contributed by atoms with Gasteiger partial charge in [0.25, 0.3) is 0 Å². The highest BCUT2D eigenvalue weighted by Crippen LogP contribution is 2.25. The number of benzene rings is 2. The number of carboxylic acids is 1. The number of carboxylic acid groups (broad SMARTS) is 1. The Hall–Kier alpha value is -2.95. The Labute approximate surface area is 120 Å². The Balaban J connectivity index is 2.08. The number of aromatic nitrogens is 1. The van der Waals surface area contributed by atoms with Crippen LogP contribution in [0.3, 0.4) is 0 Å². The van der Waals surface area contributed by atoms with E-state index >= 15 is 0 Å². The molecule has 0 atom stereocenters. The summed E-state index contributed by atoms with van der Waals surface area (Å²) < 4.78 is 0. The first-order valence-corrected chi connectivity index (χ1v) is 6.46. The molecule has 0 unspecified atom stereocenters. The SMILES string of the molecule is CC(=NNc1ccc2ncc3ccccc3c2c1)C(=O)O. The molecule has 3 aromatic rings. The molecule has 0 aliphatic carbocycles. The molecular formula is C16H13N3O2. The van der Waals surface area contributed by atoms with Gasteiger partial charge in [-0.3, -0.25) is 10.4 Å². The molecule has 2 N–H and O–H groups in total. The van der Waals surface area contributed by atoms with Crippen LogP contribution in [-0.2, 0) is 4.79 Å². The van der Waals surface area contributed by atoms with E-state index in [-0.39, 0.29) is 5.71 Å². The fourth-order valence-electron chi connectivity index (χ4n) is 2.12. The van der Waals surface area contributed by atoms with Crippen LogP contribution >= 0.6 is 0 Å². The molecule has 104 valence electrons. The van der Waals surface area contributed by atoms with Crippen LogP contribution in [-0.4, -0.2) is 21.8 Å². The molecular weight excluding hydrogens is 266 g/mol. The van der Waals surface area contributed by atoms with Gasteiger partial charge in [0, 0.05) is 17.0 Å². The number of hydrogen-bond donors (Lipinski definition) is 2. The third-order valence-electron chi connectivity index (χ3n) is 3.25. The van der Waals surface area contributed by atoms with Gasteiger partial charge in [-0.05, 0) is 30.5 Å². The van der Waals surface area contributed by atoms with Crippen molar-refractivity contribution in [2.45, 2.75) is 6.92 Å². The van der Waals surface area contributed by atoms with Gasteiger partial charge in [0.2, 0.25) is 0 Å². The monoisotopic (exact) mass is 279 g/mol. The van der Waals surface area contributed by atoms with Gasteiger partial charge >= 0.3 is 5.97 Å². The van der Waals surface area contributed by atoms with E-state index in [4.69, 9.17) is 5.11 Å². The van der Waals surface area contributed by atoms with Crippen LogP contribution < -0.4 is 5.43 Å². The van der Waals surface area contributed by atoms with Crippen molar-refractivity contribution in [3.63, 3.8) is 0 Å². The summed E-state index contributed by atoms with van der Waals surface area (Å²) in [5.41, 5.74) is 4.38. The highest BCUT2D eigenvalue weighted by Gasteiger charge is 2.04. The predicted molar refractivity (Wildman–Crippen MR) is 83.6 cm³/mol. The molecule has 0 fully saturated rings. The predicted octanol–water partition coefficient (Wildman–Crippen LogP) is 3.26. The zero-order valence-electron chi connectivity index (χ0n) is 11.4. The summed E-state index contributed by atoms with van der Waals surface area (Å²) in [4.78, 5) is 15.1. The third kappa shape index (κ3) is 2.53. The Morgan fingerprint density at radius 3 is 2.81 bits per heavy atom. The lowest BCUT2D eigenvalue weighted by Gasteiger charge is -2.06. The van der Waals surface area contributed by atoms with Crippen LogP contribution in [0.4, 0.5) is 5.69 Å². The number of carbonyl (C=O) groups is 1. The maximum Gasteiger partial charge on any atom is 0.351 e. The molecule has 0 radical (unpaired) electrons. The van der Waals surface area contributed by atoms with Crippen molar-refractivity contribution in [2.75, 3.05) is 5.43 Å². The minimum atomic E-state index is -1.05. The number of aliphatic carboxylic acids is 1. The van der Waals surface area contributed by atoms with Gasteiger partial charge in [-0.2, -0.15) is 5.10 Å². The van der Waals surface area contributed by atoms with Crippen molar-refractivity contribution in [3.8, 4) is 0 Å². The van der Waals surface area contributed by atoms with Crippen LogP contribution in [0.5, 0.6) is 0 Å². The molecule has 1 heterocycles. The largest absolute Gasteiger partial charge is 0.477 e. The maximum absolute atomic E-state index is 10.7. The van der Waals surface area contributed by atoms with Gasteiger partial charge in [-0.15, -0.1) is 0 Å². The molecule has 5 heteroatoms. The molecule has 3 rings (SSSR count). The topological polar surface area (TPSA) is 74.6 Å². The van der Waals surface area contributed by atoms with Gasteiger partial charge in [0.15, 0.2) is 0 Å². The smallest absolute Gasteiger partial charge is 0.351 e. The van der Waals surface area contributed by atoms with Gasteiger partial charge in [0.1, 0.15) is 5.71 Å². The van der Waals surface area contributed by atoms with Crippen LogP contribution in [0.2, 0.25) is 0 Å². The minimum absolute atomic E-state index is 0.00569. The van der Waals surface area contributed by atoms with Crippen LogP contribution in [0.1, 0.15) is 6.92 Å². The minimum Gasteiger partial charge on any atom is -0.477 e. The number of pyridine rings is 1. The fraction of sp³-hybridized carbons (Fsp3) is 0.0625. The second kappa shape index (κ2) is 5.20. The van der Waals surface area contributed by atoms with E-state index in [0.717, 1.165) is 27.4 Å². The van der Waals surface area contributed by atoms with E-state index < -0.39 is 5.97 Å². The molecule has 1 aromatic heterocycles. The molecule has 0 aliphatic rings. The van der Waals surface area contributed by atoms with E-state index in [1.165, 1.54) is 6.92 Å². The van der Waals surface area contributed by atoms with Gasteiger partial charge in [-0.25, -0.2) is 4.79 Å². The lowest BCUT2D eigenvalue weighted by molar-refractivity contribution is -0.129. The number of nitrogens with one attached hydrogen (secondary N) is 1. The number of hydrogen-bond acceptors (Lipinski definition) is 4. The molecule has 0 saturated carbocycles. The molecule has 0 saturated heterocycles. The second-order valence-corrected chi connectivity index (χ2v) is 4.69. The highest BCUT2D eigenvalue weighted by atomic mass is 16.4. The Kier molecular flexibility index (Phi) is 3.23. The number of rotatable bonds is 3. The Bertz CT molecular complexity index is 872. The van der Waals surface area contributed by atoms with Crippen LogP contribution in [0, 0.1) is 0 Å². The summed E-state index contributed by atoms with van der Waals surface area (Å²) in [6, 6.07) is 13.6. The standard InChI is InChI=1S/C16H13N3O2/c1-10(16(20)21)18-19-12-6-7-15-14(8-12)13-5-3-2-4-11(13)9-17-15/h2-9,19H,1H3,(H,20,21). The summed E-state index contributed by atoms with van der Waals surface area (Å²) >= 11 is 0. The quantitative estimate of drug-likeness (QED) is 0.438. The summed E-state index contributed by atoms with van der Waals surface area (Å²) in [5, 5.41) is 15.8. The normalized spacial score (nSPS) is 11.8. The number of fused-ring (bicyclic) bond motifs is 3. The number of hydrazone groups is 1. The van der Waals surface area contributed by atoms with E-state index in [1.54, 1.807) is 0 Å². The van der Waals surface area contributed by atoms with Crippen molar-refractivity contribution in [1.29, 1.82) is 0 Å². The molecule has 5 nitrogen and oxygen atoms in total. The van der Waals surface area contributed by atoms with E-state index in [1.807, 2.05) is 48.7 Å². The fourth-order valence-corrected chi connectivity index (χ4v) is 2.12. The first-order chi connectivity index (χ1) is 10.1. The second-order valence-electron chi connectivity index (χ2n) is 4.69. The van der Waals surface area contributed by atoms with Crippen molar-refractivity contribution in [1.82, 2.24) is 4.98 Å². The highest BCUT2D eigenvalue weighted by molar-refractivity contribution is 6.34. The van der Waals surface area contributed by atoms with Crippen molar-refractivity contribution < 1.29 is 9.90 Å². The lowest BCUT2D eigenvalue weighted by atomic mass is 10.1. The zero-order chi connectivity index (χ0) is 14.8. The number of nitrogens with zero attached hydrogens (tertiary/aromatic N) is 2. The summed E-state index contributed by atoms with van der Waals surface area (Å²) in [6.45, 7) is 1.44. The molecule has 0 spiro atoms. The average molecular weight is 279 g/mol. The molecule has 0 amide bonds. The molecule has 0 aliphatic heterocycles. The van der Waals surface area contributed by atoms with E-state index in [2.05, 4.69) is 15.5 Å². The first-order valence-electron chi connectivity index (χ1n) is 6.46. The lowest BCUT2D eigenvalue weighted by Crippen LogP contribution is -2.10. The van der Waals surface area contributed by atoms with Gasteiger partial charge in [-0.1, -0.05) is 24.3 Å². The van der Waals surface area contributed by atoms with E-state index in [0.29, 0.717) is 0 Å². The van der Waals surface area contributed by atoms with Gasteiger partial charge < -0.3 is 5.11 Å². The van der Waals surface area contributed by atoms with Crippen molar-refractivity contribution in [2.24, 2.45) is 5.10 Å². The Morgan fingerprint density at radius 2 is 2.00 bits per heavy atom. The average Bonchev–Trinajstić information content (AvgIpc) is 2.52. The van der Waals surface area contributed by atoms with Crippen LogP contribution in [0.15, 0.2) is 53.8 Å². The van der Waals surface area contributed by atoms with Gasteiger partial charge in [0.05, 0.1) is 11.2 Å². The molecule has 0 bridgehead atoms. The third-order valence-corrected chi connectivity index (χ3v) is 3.25. The Morgan fingerprint density at radius 1 is 1.19 bits per heavy atom. The molecule has 2 aromatic carbocycles. The first kappa shape index (κ1) is 13.1. The molecule has 21 heavy (non-hydrogen) atoms. The summed E-state index contributed by atoms with van der Waals surface area (Å²) in [6.07, 6.45) is 1.84. The van der Waals surface area contributed by atoms with Crippen molar-refractivity contribution in [3.05, 3.63) is 48.7 Å². The number of anilines is 1. The zero-order valence-corrected chi connectivity index (χ0v) is 11.4. The summed E-state index contributed by atoms with van der Waals surface area (Å²) in [7, 11) is 0. The van der Waals surface area contributed by atoms with E-state index in [9.17, 15) is 4.79 Å². The van der Waals surface area contributed by atoms with Crippen molar-refractivity contribution >= 4 is 39.0 Å². The van der Waals surface area contributed by atoms with Crippen LogP contribution in [0.25, 0.3) is 21.7 Å².